The fraction of sp³-hybridized carbons (Fsp3) is 0.500. The molecule has 1 aromatic carbocycles. The van der Waals surface area contributed by atoms with E-state index in [0.29, 0.717) is 32.4 Å². The quantitative estimate of drug-likeness (QED) is 0.756. The minimum atomic E-state index is -0.811. The number of hydrogen-bond donors (Lipinski definition) is 2. The number of carbonyl (C=O) groups excluding carboxylic acids is 1. The number of amides is 1. The number of carboxylic acids is 1. The summed E-state index contributed by atoms with van der Waals surface area (Å²) in [6, 6.07) is 7.92. The molecule has 5 heteroatoms. The van der Waals surface area contributed by atoms with Crippen molar-refractivity contribution >= 4 is 11.9 Å². The molecule has 0 saturated carbocycles. The Labute approximate surface area is 124 Å². The first-order valence-corrected chi connectivity index (χ1v) is 7.37. The van der Waals surface area contributed by atoms with E-state index in [2.05, 4.69) is 5.32 Å². The topological polar surface area (TPSA) is 75.6 Å². The first-order valence-electron chi connectivity index (χ1n) is 7.37. The summed E-state index contributed by atoms with van der Waals surface area (Å²) in [5.74, 6) is 0.376. The highest BCUT2D eigenvalue weighted by atomic mass is 16.5. The molecular formula is C16H21NO4. The van der Waals surface area contributed by atoms with E-state index in [4.69, 9.17) is 9.84 Å². The van der Waals surface area contributed by atoms with E-state index in [0.717, 1.165) is 17.7 Å². The largest absolute Gasteiger partial charge is 0.493 e. The number of aliphatic carboxylic acids is 1. The van der Waals surface area contributed by atoms with Gasteiger partial charge in [-0.15, -0.1) is 0 Å². The molecule has 0 bridgehead atoms. The second-order valence-corrected chi connectivity index (χ2v) is 5.28. The summed E-state index contributed by atoms with van der Waals surface area (Å²) in [6.07, 6.45) is 2.57. The maximum Gasteiger partial charge on any atom is 0.303 e. The summed E-state index contributed by atoms with van der Waals surface area (Å²) in [7, 11) is 0. The molecule has 0 fully saturated rings. The van der Waals surface area contributed by atoms with Gasteiger partial charge in [-0.3, -0.25) is 9.59 Å². The van der Waals surface area contributed by atoms with Gasteiger partial charge in [-0.2, -0.15) is 0 Å². The first kappa shape index (κ1) is 15.4. The second kappa shape index (κ2) is 7.67. The molecule has 1 atom stereocenters. The van der Waals surface area contributed by atoms with Crippen molar-refractivity contribution in [1.29, 1.82) is 0 Å². The Kier molecular flexibility index (Phi) is 5.60. The molecule has 2 rings (SSSR count). The minimum Gasteiger partial charge on any atom is -0.493 e. The predicted molar refractivity (Wildman–Crippen MR) is 78.4 cm³/mol. The van der Waals surface area contributed by atoms with E-state index >= 15 is 0 Å². The predicted octanol–water partition coefficient (Wildman–Crippen LogP) is 2.31. The van der Waals surface area contributed by atoms with Crippen LogP contribution in [0.2, 0.25) is 0 Å². The highest BCUT2D eigenvalue weighted by molar-refractivity contribution is 5.76. The van der Waals surface area contributed by atoms with Crippen LogP contribution in [0.3, 0.4) is 0 Å². The lowest BCUT2D eigenvalue weighted by molar-refractivity contribution is -0.137. The number of carboxylic acid groups (broad SMARTS) is 1. The van der Waals surface area contributed by atoms with Crippen molar-refractivity contribution in [2.75, 3.05) is 13.2 Å². The number of fused-ring (bicyclic) bond motifs is 1. The van der Waals surface area contributed by atoms with Crippen LogP contribution in [0.15, 0.2) is 24.3 Å². The van der Waals surface area contributed by atoms with Crippen molar-refractivity contribution in [3.63, 3.8) is 0 Å². The lowest BCUT2D eigenvalue weighted by Crippen LogP contribution is -2.30. The molecule has 1 aromatic rings. The summed E-state index contributed by atoms with van der Waals surface area (Å²) < 4.78 is 5.59. The van der Waals surface area contributed by atoms with Crippen LogP contribution in [0.5, 0.6) is 5.75 Å². The Morgan fingerprint density at radius 2 is 2.00 bits per heavy atom. The van der Waals surface area contributed by atoms with E-state index < -0.39 is 5.97 Å². The van der Waals surface area contributed by atoms with Crippen LogP contribution in [0.4, 0.5) is 0 Å². The summed E-state index contributed by atoms with van der Waals surface area (Å²) >= 11 is 0. The van der Waals surface area contributed by atoms with Crippen LogP contribution < -0.4 is 10.1 Å². The van der Waals surface area contributed by atoms with Crippen LogP contribution in [0.25, 0.3) is 0 Å². The van der Waals surface area contributed by atoms with E-state index in [-0.39, 0.29) is 18.2 Å². The van der Waals surface area contributed by atoms with Crippen molar-refractivity contribution in [1.82, 2.24) is 5.32 Å². The van der Waals surface area contributed by atoms with Gasteiger partial charge in [0.1, 0.15) is 5.75 Å². The number of hydrogen-bond acceptors (Lipinski definition) is 3. The smallest absolute Gasteiger partial charge is 0.303 e. The molecule has 0 radical (unpaired) electrons. The molecule has 1 aliphatic rings. The van der Waals surface area contributed by atoms with E-state index in [9.17, 15) is 9.59 Å². The average molecular weight is 291 g/mol. The molecule has 1 aliphatic heterocycles. The van der Waals surface area contributed by atoms with E-state index in [1.165, 1.54) is 0 Å². The number of nitrogens with one attached hydrogen (secondary N) is 1. The van der Waals surface area contributed by atoms with E-state index in [1.54, 1.807) is 0 Å². The zero-order valence-electron chi connectivity index (χ0n) is 12.0. The van der Waals surface area contributed by atoms with Gasteiger partial charge in [-0.1, -0.05) is 18.2 Å². The van der Waals surface area contributed by atoms with Gasteiger partial charge in [0, 0.05) is 25.3 Å². The third-order valence-corrected chi connectivity index (χ3v) is 3.67. The monoisotopic (exact) mass is 291 g/mol. The number of rotatable bonds is 7. The summed E-state index contributed by atoms with van der Waals surface area (Å²) in [4.78, 5) is 22.1. The number of benzene rings is 1. The summed E-state index contributed by atoms with van der Waals surface area (Å²) in [5.41, 5.74) is 1.15. The number of unbranched alkanes of at least 4 members (excludes halogenated alkanes) is 1. The van der Waals surface area contributed by atoms with Crippen LogP contribution >= 0.6 is 0 Å². The zero-order valence-corrected chi connectivity index (χ0v) is 12.0. The molecule has 5 nitrogen and oxygen atoms in total. The highest BCUT2D eigenvalue weighted by Crippen LogP contribution is 2.32. The molecule has 0 aliphatic carbocycles. The Morgan fingerprint density at radius 3 is 2.81 bits per heavy atom. The summed E-state index contributed by atoms with van der Waals surface area (Å²) in [5, 5.41) is 11.5. The highest BCUT2D eigenvalue weighted by Gasteiger charge is 2.21. The molecule has 2 N–H and O–H groups in total. The van der Waals surface area contributed by atoms with Crippen LogP contribution in [0, 0.1) is 0 Å². The third kappa shape index (κ3) is 4.77. The molecule has 114 valence electrons. The SMILES string of the molecule is O=C(O)CCCCC(=O)NCC1CCOc2ccccc21. The van der Waals surface area contributed by atoms with Gasteiger partial charge in [0.15, 0.2) is 0 Å². The molecule has 1 amide bonds. The summed E-state index contributed by atoms with van der Waals surface area (Å²) in [6.45, 7) is 1.29. The van der Waals surface area contributed by atoms with Crippen molar-refractivity contribution in [2.45, 2.75) is 38.0 Å². The maximum atomic E-state index is 11.8. The fourth-order valence-electron chi connectivity index (χ4n) is 2.52. The third-order valence-electron chi connectivity index (χ3n) is 3.67. The van der Waals surface area contributed by atoms with Gasteiger partial charge >= 0.3 is 5.97 Å². The van der Waals surface area contributed by atoms with Gasteiger partial charge in [0.25, 0.3) is 0 Å². The lowest BCUT2D eigenvalue weighted by atomic mass is 9.93. The Morgan fingerprint density at radius 1 is 1.24 bits per heavy atom. The zero-order chi connectivity index (χ0) is 15.1. The van der Waals surface area contributed by atoms with Crippen molar-refractivity contribution in [3.8, 4) is 5.75 Å². The van der Waals surface area contributed by atoms with Crippen molar-refractivity contribution in [2.24, 2.45) is 0 Å². The Bertz CT molecular complexity index is 501. The molecule has 0 spiro atoms. The fourth-order valence-corrected chi connectivity index (χ4v) is 2.52. The van der Waals surface area contributed by atoms with Crippen molar-refractivity contribution < 1.29 is 19.4 Å². The standard InChI is InChI=1S/C16H21NO4/c18-15(7-3-4-8-16(19)20)17-11-12-9-10-21-14-6-2-1-5-13(12)14/h1-2,5-6,12H,3-4,7-11H2,(H,17,18)(H,19,20). The normalized spacial score (nSPS) is 16.7. The van der Waals surface area contributed by atoms with Crippen molar-refractivity contribution in [3.05, 3.63) is 29.8 Å². The number of ether oxygens (including phenoxy) is 1. The molecule has 1 unspecified atom stereocenters. The molecule has 0 aromatic heterocycles. The number of para-hydroxylation sites is 1. The van der Waals surface area contributed by atoms with Gasteiger partial charge in [0.05, 0.1) is 6.61 Å². The Hall–Kier alpha value is -2.04. The Balaban J connectivity index is 1.74. The van der Waals surface area contributed by atoms with E-state index in [1.807, 2.05) is 24.3 Å². The average Bonchev–Trinajstić information content (AvgIpc) is 2.49. The maximum absolute atomic E-state index is 11.8. The molecule has 21 heavy (non-hydrogen) atoms. The minimum absolute atomic E-state index is 0.00985. The molecular weight excluding hydrogens is 270 g/mol. The molecule has 0 saturated heterocycles. The van der Waals surface area contributed by atoms with Gasteiger partial charge < -0.3 is 15.2 Å². The number of carbonyl (C=O) groups is 2. The molecule has 1 heterocycles. The van der Waals surface area contributed by atoms with Gasteiger partial charge in [-0.05, 0) is 30.9 Å². The van der Waals surface area contributed by atoms with Crippen LogP contribution in [0.1, 0.15) is 43.6 Å². The van der Waals surface area contributed by atoms with Crippen LogP contribution in [-0.4, -0.2) is 30.1 Å². The first-order chi connectivity index (χ1) is 10.2. The van der Waals surface area contributed by atoms with Crippen LogP contribution in [-0.2, 0) is 9.59 Å². The van der Waals surface area contributed by atoms with Gasteiger partial charge in [-0.25, -0.2) is 0 Å². The second-order valence-electron chi connectivity index (χ2n) is 5.28. The lowest BCUT2D eigenvalue weighted by Gasteiger charge is -2.26. The van der Waals surface area contributed by atoms with Gasteiger partial charge in [0.2, 0.25) is 5.91 Å².